The van der Waals surface area contributed by atoms with Gasteiger partial charge in [-0.15, -0.1) is 0 Å². The molecule has 1 aliphatic carbocycles. The Morgan fingerprint density at radius 1 is 1.12 bits per heavy atom. The Bertz CT molecular complexity index is 954. The first kappa shape index (κ1) is 23.8. The van der Waals surface area contributed by atoms with E-state index in [1.165, 1.54) is 12.1 Å². The number of carbonyl (C=O) groups is 2. The smallest absolute Gasteiger partial charge is 0.254 e. The fourth-order valence-electron chi connectivity index (χ4n) is 4.28. The van der Waals surface area contributed by atoms with Crippen LogP contribution in [0.15, 0.2) is 42.5 Å². The topological polar surface area (TPSA) is 52.7 Å². The predicted octanol–water partition coefficient (Wildman–Crippen LogP) is 5.46. The summed E-state index contributed by atoms with van der Waals surface area (Å²) in [6.07, 6.45) is 4.87. The van der Waals surface area contributed by atoms with Crippen molar-refractivity contribution in [1.82, 2.24) is 4.90 Å². The number of carbonyl (C=O) groups excluding carboxylic acids is 2. The number of nitrogens with one attached hydrogen (secondary N) is 1. The van der Waals surface area contributed by atoms with Crippen LogP contribution in [0.1, 0.15) is 61.9 Å². The fraction of sp³-hybridized carbons (Fsp3) is 0.462. The second-order valence-electron chi connectivity index (χ2n) is 8.91. The molecule has 1 fully saturated rings. The molecule has 1 saturated carbocycles. The van der Waals surface area contributed by atoms with Gasteiger partial charge in [0.15, 0.2) is 0 Å². The minimum Gasteiger partial charge on any atom is -0.377 e. The van der Waals surface area contributed by atoms with E-state index in [0.29, 0.717) is 12.1 Å². The lowest BCUT2D eigenvalue weighted by molar-refractivity contribution is -0.119. The van der Waals surface area contributed by atoms with Gasteiger partial charge in [0, 0.05) is 49.5 Å². The molecule has 2 aromatic rings. The van der Waals surface area contributed by atoms with Crippen LogP contribution in [0.5, 0.6) is 0 Å². The lowest BCUT2D eigenvalue weighted by Gasteiger charge is -2.31. The summed E-state index contributed by atoms with van der Waals surface area (Å²) in [5.41, 5.74) is 2.99. The minimum absolute atomic E-state index is 0.0301. The van der Waals surface area contributed by atoms with Crippen molar-refractivity contribution in [3.8, 4) is 0 Å². The molecule has 32 heavy (non-hydrogen) atoms. The van der Waals surface area contributed by atoms with Crippen LogP contribution < -0.4 is 10.2 Å². The maximum absolute atomic E-state index is 13.8. The highest BCUT2D eigenvalue weighted by atomic mass is 19.1. The van der Waals surface area contributed by atoms with Crippen molar-refractivity contribution >= 4 is 23.2 Å². The molecule has 0 aliphatic heterocycles. The molecule has 172 valence electrons. The fourth-order valence-corrected chi connectivity index (χ4v) is 4.28. The molecule has 1 atom stereocenters. The highest BCUT2D eigenvalue weighted by molar-refractivity contribution is 5.95. The number of hydrogen-bond donors (Lipinski definition) is 1. The van der Waals surface area contributed by atoms with Gasteiger partial charge in [-0.3, -0.25) is 9.59 Å². The van der Waals surface area contributed by atoms with Gasteiger partial charge in [-0.25, -0.2) is 4.39 Å². The number of benzene rings is 2. The van der Waals surface area contributed by atoms with Crippen molar-refractivity contribution in [2.24, 2.45) is 5.92 Å². The second-order valence-corrected chi connectivity index (χ2v) is 8.91. The van der Waals surface area contributed by atoms with E-state index in [9.17, 15) is 14.0 Å². The molecule has 1 aliphatic rings. The Kier molecular flexibility index (Phi) is 7.89. The lowest BCUT2D eigenvalue weighted by atomic mass is 10.1. The number of amides is 2. The van der Waals surface area contributed by atoms with E-state index in [1.54, 1.807) is 17.0 Å². The zero-order valence-electron chi connectivity index (χ0n) is 19.5. The van der Waals surface area contributed by atoms with E-state index in [2.05, 4.69) is 5.32 Å². The van der Waals surface area contributed by atoms with Gasteiger partial charge in [-0.2, -0.15) is 0 Å². The van der Waals surface area contributed by atoms with Gasteiger partial charge in [0.1, 0.15) is 5.82 Å². The van der Waals surface area contributed by atoms with Crippen molar-refractivity contribution in [3.63, 3.8) is 0 Å². The molecule has 0 unspecified atom stereocenters. The monoisotopic (exact) mass is 439 g/mol. The summed E-state index contributed by atoms with van der Waals surface area (Å²) >= 11 is 0. The molecule has 2 amide bonds. The summed E-state index contributed by atoms with van der Waals surface area (Å²) in [7, 11) is 3.91. The molecule has 6 heteroatoms. The predicted molar refractivity (Wildman–Crippen MR) is 127 cm³/mol. The van der Waals surface area contributed by atoms with Crippen molar-refractivity contribution < 1.29 is 14.0 Å². The first-order valence-corrected chi connectivity index (χ1v) is 11.5. The Labute approximate surface area is 190 Å². The first-order valence-electron chi connectivity index (χ1n) is 11.5. The maximum Gasteiger partial charge on any atom is 0.254 e. The molecule has 0 heterocycles. The number of nitrogens with zero attached hydrogens (tertiary/aromatic N) is 2. The number of hydrogen-bond acceptors (Lipinski definition) is 3. The second kappa shape index (κ2) is 10.6. The van der Waals surface area contributed by atoms with E-state index in [1.807, 2.05) is 51.0 Å². The third-order valence-corrected chi connectivity index (χ3v) is 6.35. The van der Waals surface area contributed by atoms with Crippen LogP contribution >= 0.6 is 0 Å². The average molecular weight is 440 g/mol. The summed E-state index contributed by atoms with van der Waals surface area (Å²) in [5, 5.41) is 3.06. The van der Waals surface area contributed by atoms with E-state index in [0.717, 1.165) is 49.0 Å². The van der Waals surface area contributed by atoms with Gasteiger partial charge in [0.05, 0.1) is 0 Å². The van der Waals surface area contributed by atoms with Crippen molar-refractivity contribution in [2.45, 2.75) is 58.5 Å². The number of anilines is 2. The van der Waals surface area contributed by atoms with Crippen molar-refractivity contribution in [1.29, 1.82) is 0 Å². The zero-order valence-corrected chi connectivity index (χ0v) is 19.5. The van der Waals surface area contributed by atoms with E-state index < -0.39 is 5.82 Å². The zero-order chi connectivity index (χ0) is 23.3. The minimum atomic E-state index is -0.425. The number of rotatable bonds is 8. The Hall–Kier alpha value is -2.89. The Morgan fingerprint density at radius 2 is 1.84 bits per heavy atom. The van der Waals surface area contributed by atoms with Crippen LogP contribution in [0, 0.1) is 11.7 Å². The van der Waals surface area contributed by atoms with Crippen LogP contribution in [0.3, 0.4) is 0 Å². The molecule has 0 radical (unpaired) electrons. The van der Waals surface area contributed by atoms with Gasteiger partial charge in [-0.05, 0) is 68.1 Å². The largest absolute Gasteiger partial charge is 0.377 e. The molecule has 2 aromatic carbocycles. The molecule has 0 saturated heterocycles. The molecule has 1 N–H and O–H groups in total. The third-order valence-electron chi connectivity index (χ3n) is 6.35. The van der Waals surface area contributed by atoms with Gasteiger partial charge in [-0.1, -0.05) is 25.8 Å². The summed E-state index contributed by atoms with van der Waals surface area (Å²) < 4.78 is 13.8. The van der Waals surface area contributed by atoms with E-state index >= 15 is 0 Å². The molecular weight excluding hydrogens is 405 g/mol. The van der Waals surface area contributed by atoms with Crippen LogP contribution in [-0.2, 0) is 11.3 Å². The third kappa shape index (κ3) is 5.67. The molecule has 0 aromatic heterocycles. The van der Waals surface area contributed by atoms with Crippen LogP contribution in [-0.4, -0.2) is 36.9 Å². The van der Waals surface area contributed by atoms with Crippen LogP contribution in [0.2, 0.25) is 0 Å². The highest BCUT2D eigenvalue weighted by Gasteiger charge is 2.25. The molecule has 5 nitrogen and oxygen atoms in total. The van der Waals surface area contributed by atoms with Gasteiger partial charge in [0.25, 0.3) is 5.91 Å². The van der Waals surface area contributed by atoms with Gasteiger partial charge >= 0.3 is 0 Å². The SMILES string of the molecule is CC[C@@H](C)N(Cc1cc(NC(=O)C2CCCC2)ccc1N(C)C)C(=O)c1cccc(F)c1. The number of halogens is 1. The summed E-state index contributed by atoms with van der Waals surface area (Å²) in [4.78, 5) is 29.7. The molecule has 0 bridgehead atoms. The van der Waals surface area contributed by atoms with E-state index in [-0.39, 0.29) is 23.8 Å². The maximum atomic E-state index is 13.8. The van der Waals surface area contributed by atoms with Crippen LogP contribution in [0.25, 0.3) is 0 Å². The van der Waals surface area contributed by atoms with Crippen molar-refractivity contribution in [2.75, 3.05) is 24.3 Å². The quantitative estimate of drug-likeness (QED) is 0.594. The van der Waals surface area contributed by atoms with Crippen LogP contribution in [0.4, 0.5) is 15.8 Å². The van der Waals surface area contributed by atoms with E-state index in [4.69, 9.17) is 0 Å². The molecule has 0 spiro atoms. The molecular formula is C26H34FN3O2. The summed E-state index contributed by atoms with van der Waals surface area (Å²) in [6, 6.07) is 11.6. The normalized spacial score (nSPS) is 14.8. The summed E-state index contributed by atoms with van der Waals surface area (Å²) in [6.45, 7) is 4.39. The average Bonchev–Trinajstić information content (AvgIpc) is 3.31. The van der Waals surface area contributed by atoms with Crippen molar-refractivity contribution in [3.05, 3.63) is 59.4 Å². The Morgan fingerprint density at radius 3 is 2.47 bits per heavy atom. The standard InChI is InChI=1S/C26H34FN3O2/c1-5-18(2)30(26(32)20-11-8-12-22(27)15-20)17-21-16-23(13-14-24(21)29(3)4)28-25(31)19-9-6-7-10-19/h8,11-16,18-19H,5-7,9-10,17H2,1-4H3,(H,28,31)/t18-/m1/s1. The first-order chi connectivity index (χ1) is 15.3. The Balaban J connectivity index is 1.89. The van der Waals surface area contributed by atoms with Gasteiger partial charge < -0.3 is 15.1 Å². The van der Waals surface area contributed by atoms with Gasteiger partial charge in [0.2, 0.25) is 5.91 Å². The summed E-state index contributed by atoms with van der Waals surface area (Å²) in [5.74, 6) is -0.478. The highest BCUT2D eigenvalue weighted by Crippen LogP contribution is 2.29. The lowest BCUT2D eigenvalue weighted by Crippen LogP contribution is -2.38. The molecule has 3 rings (SSSR count).